The maximum absolute atomic E-state index is 13.5. The fourth-order valence-corrected chi connectivity index (χ4v) is 5.85. The van der Waals surface area contributed by atoms with E-state index in [2.05, 4.69) is 5.32 Å². The quantitative estimate of drug-likeness (QED) is 0.371. The molecule has 1 saturated heterocycles. The number of hydrogen-bond acceptors (Lipinski definition) is 3. The Morgan fingerprint density at radius 2 is 1.58 bits per heavy atom. The van der Waals surface area contributed by atoms with Crippen LogP contribution in [0, 0.1) is 0 Å². The fourth-order valence-electron chi connectivity index (χ4n) is 5.72. The number of carbonyl (C=O) groups is 2. The number of ether oxygens (including phenoxy) is 1. The highest BCUT2D eigenvalue weighted by Crippen LogP contribution is 2.34. The summed E-state index contributed by atoms with van der Waals surface area (Å²) in [6.07, 6.45) is 13.0. The zero-order valence-corrected chi connectivity index (χ0v) is 21.5. The van der Waals surface area contributed by atoms with E-state index in [4.69, 9.17) is 16.3 Å². The molecule has 0 bridgehead atoms. The van der Waals surface area contributed by atoms with Crippen LogP contribution in [0.3, 0.4) is 0 Å². The van der Waals surface area contributed by atoms with E-state index < -0.39 is 0 Å². The minimum absolute atomic E-state index is 0.0135. The monoisotopic (exact) mass is 506 g/mol. The third-order valence-electron chi connectivity index (χ3n) is 7.75. The Morgan fingerprint density at radius 3 is 2.31 bits per heavy atom. The summed E-state index contributed by atoms with van der Waals surface area (Å²) in [6, 6.07) is 15.5. The van der Waals surface area contributed by atoms with Crippen LogP contribution in [0.25, 0.3) is 6.08 Å². The Hall–Kier alpha value is -2.79. The molecule has 1 heterocycles. The molecule has 190 valence electrons. The number of nitrogens with zero attached hydrogens (tertiary/aromatic N) is 1. The van der Waals surface area contributed by atoms with Crippen molar-refractivity contribution < 1.29 is 14.3 Å². The SMILES string of the molecule is O=C(NC1CCCCCC1)c1ccc(/C=C2\OC3CCCCC3N(Cc3ccc(Cl)cc3)C2=O)cc1. The number of fused-ring (bicyclic) bond motifs is 1. The number of benzene rings is 2. The van der Waals surface area contributed by atoms with Gasteiger partial charge in [0.15, 0.2) is 5.76 Å². The summed E-state index contributed by atoms with van der Waals surface area (Å²) in [4.78, 5) is 28.2. The first-order valence-corrected chi connectivity index (χ1v) is 13.8. The molecule has 2 aliphatic carbocycles. The Labute approximate surface area is 218 Å². The number of hydrogen-bond donors (Lipinski definition) is 1. The molecule has 3 aliphatic rings. The highest BCUT2D eigenvalue weighted by Gasteiger charge is 2.41. The van der Waals surface area contributed by atoms with E-state index in [1.165, 1.54) is 25.7 Å². The summed E-state index contributed by atoms with van der Waals surface area (Å²) in [7, 11) is 0. The summed E-state index contributed by atoms with van der Waals surface area (Å²) < 4.78 is 6.25. The van der Waals surface area contributed by atoms with Gasteiger partial charge < -0.3 is 15.0 Å². The number of carbonyl (C=O) groups excluding carboxylic acids is 2. The Balaban J connectivity index is 1.30. The van der Waals surface area contributed by atoms with Crippen LogP contribution in [0.5, 0.6) is 0 Å². The van der Waals surface area contributed by atoms with Gasteiger partial charge >= 0.3 is 0 Å². The van der Waals surface area contributed by atoms with Gasteiger partial charge in [0.2, 0.25) is 0 Å². The number of morpholine rings is 1. The van der Waals surface area contributed by atoms with Crippen LogP contribution < -0.4 is 5.32 Å². The van der Waals surface area contributed by atoms with Crippen molar-refractivity contribution in [1.82, 2.24) is 10.2 Å². The number of amides is 2. The van der Waals surface area contributed by atoms with E-state index in [0.717, 1.165) is 49.7 Å². The normalized spacial score (nSPS) is 24.1. The molecule has 5 rings (SSSR count). The first-order chi connectivity index (χ1) is 17.6. The van der Waals surface area contributed by atoms with Crippen molar-refractivity contribution in [1.29, 1.82) is 0 Å². The second-order valence-electron chi connectivity index (χ2n) is 10.4. The zero-order valence-electron chi connectivity index (χ0n) is 20.8. The maximum atomic E-state index is 13.5. The second kappa shape index (κ2) is 11.5. The highest BCUT2D eigenvalue weighted by molar-refractivity contribution is 6.30. The van der Waals surface area contributed by atoms with Gasteiger partial charge in [0.1, 0.15) is 6.10 Å². The predicted octanol–water partition coefficient (Wildman–Crippen LogP) is 6.50. The molecule has 5 nitrogen and oxygen atoms in total. The van der Waals surface area contributed by atoms with Gasteiger partial charge in [-0.25, -0.2) is 0 Å². The lowest BCUT2D eigenvalue weighted by atomic mass is 9.89. The van der Waals surface area contributed by atoms with Crippen LogP contribution in [0.1, 0.15) is 85.7 Å². The molecule has 2 atom stereocenters. The topological polar surface area (TPSA) is 58.6 Å². The number of halogens is 1. The summed E-state index contributed by atoms with van der Waals surface area (Å²) in [5, 5.41) is 3.89. The molecular weight excluding hydrogens is 472 g/mol. The molecule has 0 spiro atoms. The minimum Gasteiger partial charge on any atom is -0.482 e. The highest BCUT2D eigenvalue weighted by atomic mass is 35.5. The molecular formula is C30H35ClN2O3. The molecule has 1 N–H and O–H groups in total. The molecule has 2 aromatic rings. The maximum Gasteiger partial charge on any atom is 0.289 e. The van der Waals surface area contributed by atoms with Crippen LogP contribution in [0.2, 0.25) is 5.02 Å². The molecule has 6 heteroatoms. The standard InChI is InChI=1S/C30H35ClN2O3/c31-24-17-13-22(14-18-24)20-33-26-9-5-6-10-27(26)36-28(30(33)35)19-21-11-15-23(16-12-21)29(34)32-25-7-3-1-2-4-8-25/h11-19,25-27H,1-10,20H2,(H,32,34)/b28-19-. The van der Waals surface area contributed by atoms with Gasteiger partial charge in [0.05, 0.1) is 6.04 Å². The molecule has 2 saturated carbocycles. The van der Waals surface area contributed by atoms with Crippen molar-refractivity contribution >= 4 is 29.5 Å². The second-order valence-corrected chi connectivity index (χ2v) is 10.8. The number of rotatable bonds is 5. The van der Waals surface area contributed by atoms with Gasteiger partial charge in [-0.3, -0.25) is 9.59 Å². The zero-order chi connectivity index (χ0) is 24.9. The molecule has 2 amide bonds. The van der Waals surface area contributed by atoms with Crippen molar-refractivity contribution in [3.8, 4) is 0 Å². The predicted molar refractivity (Wildman–Crippen MR) is 143 cm³/mol. The Morgan fingerprint density at radius 1 is 0.917 bits per heavy atom. The van der Waals surface area contributed by atoms with E-state index in [-0.39, 0.29) is 30.0 Å². The largest absolute Gasteiger partial charge is 0.482 e. The van der Waals surface area contributed by atoms with Crippen molar-refractivity contribution in [2.24, 2.45) is 0 Å². The summed E-state index contributed by atoms with van der Waals surface area (Å²) in [6.45, 7) is 0.540. The van der Waals surface area contributed by atoms with Gasteiger partial charge in [-0.1, -0.05) is 68.0 Å². The van der Waals surface area contributed by atoms with Crippen molar-refractivity contribution in [2.45, 2.75) is 88.9 Å². The van der Waals surface area contributed by atoms with Gasteiger partial charge in [-0.05, 0) is 73.6 Å². The van der Waals surface area contributed by atoms with Crippen LogP contribution in [-0.2, 0) is 16.1 Å². The van der Waals surface area contributed by atoms with Crippen molar-refractivity contribution in [2.75, 3.05) is 0 Å². The molecule has 3 fully saturated rings. The molecule has 0 radical (unpaired) electrons. The summed E-state index contributed by atoms with van der Waals surface area (Å²) in [5.41, 5.74) is 2.56. The third-order valence-corrected chi connectivity index (χ3v) is 8.00. The molecule has 2 unspecified atom stereocenters. The van der Waals surface area contributed by atoms with E-state index in [0.29, 0.717) is 22.9 Å². The first-order valence-electron chi connectivity index (χ1n) is 13.4. The average molecular weight is 507 g/mol. The Bertz CT molecular complexity index is 1090. The fraction of sp³-hybridized carbons (Fsp3) is 0.467. The molecule has 2 aromatic carbocycles. The van der Waals surface area contributed by atoms with E-state index in [1.54, 1.807) is 0 Å². The first kappa shape index (κ1) is 24.9. The van der Waals surface area contributed by atoms with Gasteiger partial charge in [0, 0.05) is 23.2 Å². The lowest BCUT2D eigenvalue weighted by molar-refractivity contribution is -0.149. The molecule has 0 aromatic heterocycles. The van der Waals surface area contributed by atoms with Crippen LogP contribution in [0.15, 0.2) is 54.3 Å². The van der Waals surface area contributed by atoms with E-state index >= 15 is 0 Å². The van der Waals surface area contributed by atoms with Crippen LogP contribution in [0.4, 0.5) is 0 Å². The smallest absolute Gasteiger partial charge is 0.289 e. The third kappa shape index (κ3) is 5.95. The van der Waals surface area contributed by atoms with Gasteiger partial charge in [-0.2, -0.15) is 0 Å². The molecule has 36 heavy (non-hydrogen) atoms. The summed E-state index contributed by atoms with van der Waals surface area (Å²) >= 11 is 6.06. The van der Waals surface area contributed by atoms with Crippen LogP contribution in [-0.4, -0.2) is 34.9 Å². The average Bonchev–Trinajstić information content (AvgIpc) is 3.17. The number of nitrogens with one attached hydrogen (secondary N) is 1. The van der Waals surface area contributed by atoms with Crippen molar-refractivity contribution in [3.63, 3.8) is 0 Å². The lowest BCUT2D eigenvalue weighted by Gasteiger charge is -2.44. The van der Waals surface area contributed by atoms with E-state index in [1.807, 2.05) is 59.5 Å². The Kier molecular flexibility index (Phi) is 7.96. The van der Waals surface area contributed by atoms with Crippen molar-refractivity contribution in [3.05, 3.63) is 76.0 Å². The minimum atomic E-state index is -0.0803. The van der Waals surface area contributed by atoms with E-state index in [9.17, 15) is 9.59 Å². The van der Waals surface area contributed by atoms with Gasteiger partial charge in [-0.15, -0.1) is 0 Å². The summed E-state index contributed by atoms with van der Waals surface area (Å²) in [5.74, 6) is 0.274. The van der Waals surface area contributed by atoms with Crippen LogP contribution >= 0.6 is 11.6 Å². The van der Waals surface area contributed by atoms with Gasteiger partial charge in [0.25, 0.3) is 11.8 Å². The molecule has 1 aliphatic heterocycles. The lowest BCUT2D eigenvalue weighted by Crippen LogP contribution is -2.54.